The standard InChI is InChI=1S/C17H21NOS.ClH/c1-2-5-15(4-1)18-12-14-7-9-16(10-8-14)19-13-17-6-3-11-20-17;/h3,6-11,15,18H,1-2,4-5,12-13H2;1H. The molecule has 0 amide bonds. The third kappa shape index (κ3) is 5.03. The fraction of sp³-hybridized carbons (Fsp3) is 0.412. The summed E-state index contributed by atoms with van der Waals surface area (Å²) in [6, 6.07) is 13.3. The molecule has 0 spiro atoms. The van der Waals surface area contributed by atoms with Crippen molar-refractivity contribution in [3.63, 3.8) is 0 Å². The van der Waals surface area contributed by atoms with Gasteiger partial charge in [0.15, 0.2) is 0 Å². The van der Waals surface area contributed by atoms with Gasteiger partial charge in [-0.05, 0) is 42.0 Å². The summed E-state index contributed by atoms with van der Waals surface area (Å²) in [5, 5.41) is 5.71. The molecule has 0 saturated heterocycles. The van der Waals surface area contributed by atoms with Crippen LogP contribution >= 0.6 is 23.7 Å². The minimum Gasteiger partial charge on any atom is -0.488 e. The fourth-order valence-corrected chi connectivity index (χ4v) is 3.26. The highest BCUT2D eigenvalue weighted by Crippen LogP contribution is 2.19. The summed E-state index contributed by atoms with van der Waals surface area (Å²) in [6.45, 7) is 1.63. The third-order valence-electron chi connectivity index (χ3n) is 3.83. The summed E-state index contributed by atoms with van der Waals surface area (Å²) in [6.07, 6.45) is 5.43. The Morgan fingerprint density at radius 1 is 1.10 bits per heavy atom. The van der Waals surface area contributed by atoms with E-state index in [0.29, 0.717) is 6.61 Å². The number of halogens is 1. The molecule has 1 aliphatic rings. The monoisotopic (exact) mass is 323 g/mol. The zero-order valence-corrected chi connectivity index (χ0v) is 13.7. The predicted molar refractivity (Wildman–Crippen MR) is 91.4 cm³/mol. The molecule has 0 aliphatic heterocycles. The van der Waals surface area contributed by atoms with E-state index < -0.39 is 0 Å². The first kappa shape index (κ1) is 16.3. The number of benzene rings is 1. The first-order valence-corrected chi connectivity index (χ1v) is 8.25. The second-order valence-corrected chi connectivity index (χ2v) is 6.41. The van der Waals surface area contributed by atoms with Gasteiger partial charge < -0.3 is 10.1 Å². The average Bonchev–Trinajstić information content (AvgIpc) is 3.17. The Morgan fingerprint density at radius 3 is 2.52 bits per heavy atom. The number of rotatable bonds is 6. The van der Waals surface area contributed by atoms with E-state index in [1.54, 1.807) is 11.3 Å². The average molecular weight is 324 g/mol. The fourth-order valence-electron chi connectivity index (χ4n) is 2.64. The lowest BCUT2D eigenvalue weighted by Gasteiger charge is -2.12. The Morgan fingerprint density at radius 2 is 1.86 bits per heavy atom. The molecular weight excluding hydrogens is 302 g/mol. The van der Waals surface area contributed by atoms with Crippen molar-refractivity contribution < 1.29 is 4.74 Å². The minimum absolute atomic E-state index is 0. The minimum atomic E-state index is 0. The summed E-state index contributed by atoms with van der Waals surface area (Å²) in [5.74, 6) is 0.947. The number of thiophene rings is 1. The lowest BCUT2D eigenvalue weighted by atomic mass is 10.2. The van der Waals surface area contributed by atoms with Gasteiger partial charge in [-0.3, -0.25) is 0 Å². The van der Waals surface area contributed by atoms with E-state index in [1.165, 1.54) is 36.1 Å². The van der Waals surface area contributed by atoms with Gasteiger partial charge in [0.1, 0.15) is 12.4 Å². The van der Waals surface area contributed by atoms with Crippen LogP contribution in [0.2, 0.25) is 0 Å². The summed E-state index contributed by atoms with van der Waals surface area (Å²) in [5.41, 5.74) is 1.33. The maximum absolute atomic E-state index is 5.77. The van der Waals surface area contributed by atoms with Gasteiger partial charge >= 0.3 is 0 Å². The highest BCUT2D eigenvalue weighted by atomic mass is 35.5. The molecule has 1 saturated carbocycles. The lowest BCUT2D eigenvalue weighted by Crippen LogP contribution is -2.25. The molecule has 2 aromatic rings. The van der Waals surface area contributed by atoms with Gasteiger partial charge in [-0.25, -0.2) is 0 Å². The van der Waals surface area contributed by atoms with E-state index >= 15 is 0 Å². The number of hydrogen-bond donors (Lipinski definition) is 1. The summed E-state index contributed by atoms with van der Waals surface area (Å²) < 4.78 is 5.77. The van der Waals surface area contributed by atoms with Crippen LogP contribution in [0.4, 0.5) is 0 Å². The van der Waals surface area contributed by atoms with E-state index in [-0.39, 0.29) is 12.4 Å². The number of nitrogens with one attached hydrogen (secondary N) is 1. The van der Waals surface area contributed by atoms with Crippen LogP contribution in [0.1, 0.15) is 36.1 Å². The highest BCUT2D eigenvalue weighted by molar-refractivity contribution is 7.09. The number of ether oxygens (including phenoxy) is 1. The van der Waals surface area contributed by atoms with Gasteiger partial charge in [-0.2, -0.15) is 0 Å². The topological polar surface area (TPSA) is 21.3 Å². The summed E-state index contributed by atoms with van der Waals surface area (Å²) >= 11 is 1.73. The van der Waals surface area contributed by atoms with E-state index in [9.17, 15) is 0 Å². The predicted octanol–water partition coefficient (Wildman–Crippen LogP) is 4.78. The maximum Gasteiger partial charge on any atom is 0.122 e. The summed E-state index contributed by atoms with van der Waals surface area (Å²) in [7, 11) is 0. The quantitative estimate of drug-likeness (QED) is 0.826. The molecule has 2 nitrogen and oxygen atoms in total. The zero-order valence-electron chi connectivity index (χ0n) is 12.1. The second-order valence-electron chi connectivity index (χ2n) is 5.37. The molecule has 0 bridgehead atoms. The Bertz CT molecular complexity index is 506. The van der Waals surface area contributed by atoms with Gasteiger partial charge in [-0.1, -0.05) is 31.0 Å². The SMILES string of the molecule is Cl.c1csc(COc2ccc(CNC3CCCC3)cc2)c1. The van der Waals surface area contributed by atoms with Crippen molar-refractivity contribution in [2.45, 2.75) is 44.9 Å². The molecule has 0 unspecified atom stereocenters. The van der Waals surface area contributed by atoms with Crippen LogP contribution in [0.5, 0.6) is 5.75 Å². The molecule has 1 aromatic heterocycles. The molecule has 1 aromatic carbocycles. The number of hydrogen-bond acceptors (Lipinski definition) is 3. The van der Waals surface area contributed by atoms with E-state index in [0.717, 1.165) is 18.3 Å². The van der Waals surface area contributed by atoms with Crippen molar-refractivity contribution in [3.05, 3.63) is 52.2 Å². The molecular formula is C17H22ClNOS. The lowest BCUT2D eigenvalue weighted by molar-refractivity contribution is 0.309. The first-order chi connectivity index (χ1) is 9.90. The van der Waals surface area contributed by atoms with Crippen molar-refractivity contribution >= 4 is 23.7 Å². The van der Waals surface area contributed by atoms with Crippen LogP contribution in [0.15, 0.2) is 41.8 Å². The van der Waals surface area contributed by atoms with Crippen molar-refractivity contribution in [3.8, 4) is 5.75 Å². The van der Waals surface area contributed by atoms with Crippen LogP contribution in [-0.2, 0) is 13.2 Å². The van der Waals surface area contributed by atoms with Crippen LogP contribution in [0.3, 0.4) is 0 Å². The molecule has 21 heavy (non-hydrogen) atoms. The smallest absolute Gasteiger partial charge is 0.122 e. The third-order valence-corrected chi connectivity index (χ3v) is 4.68. The van der Waals surface area contributed by atoms with Crippen molar-refractivity contribution in [2.24, 2.45) is 0 Å². The molecule has 0 atom stereocenters. The summed E-state index contributed by atoms with van der Waals surface area (Å²) in [4.78, 5) is 1.26. The normalized spacial score (nSPS) is 14.9. The van der Waals surface area contributed by atoms with E-state index in [1.807, 2.05) is 0 Å². The van der Waals surface area contributed by atoms with E-state index in [2.05, 4.69) is 47.1 Å². The van der Waals surface area contributed by atoms with Crippen molar-refractivity contribution in [1.82, 2.24) is 5.32 Å². The Balaban J connectivity index is 0.00000161. The van der Waals surface area contributed by atoms with Crippen LogP contribution in [0.25, 0.3) is 0 Å². The van der Waals surface area contributed by atoms with Gasteiger partial charge in [-0.15, -0.1) is 23.7 Å². The molecule has 4 heteroatoms. The van der Waals surface area contributed by atoms with Gasteiger partial charge in [0.2, 0.25) is 0 Å². The Labute approximate surface area is 136 Å². The van der Waals surface area contributed by atoms with Crippen LogP contribution in [0, 0.1) is 0 Å². The highest BCUT2D eigenvalue weighted by Gasteiger charge is 2.13. The molecule has 1 aliphatic carbocycles. The van der Waals surface area contributed by atoms with E-state index in [4.69, 9.17) is 4.74 Å². The van der Waals surface area contributed by atoms with Crippen molar-refractivity contribution in [1.29, 1.82) is 0 Å². The Hall–Kier alpha value is -1.03. The molecule has 0 radical (unpaired) electrons. The molecule has 1 fully saturated rings. The molecule has 1 N–H and O–H groups in total. The largest absolute Gasteiger partial charge is 0.488 e. The molecule has 3 rings (SSSR count). The maximum atomic E-state index is 5.77. The zero-order chi connectivity index (χ0) is 13.6. The van der Waals surface area contributed by atoms with Gasteiger partial charge in [0, 0.05) is 17.5 Å². The van der Waals surface area contributed by atoms with Gasteiger partial charge in [0.05, 0.1) is 0 Å². The van der Waals surface area contributed by atoms with Crippen molar-refractivity contribution in [2.75, 3.05) is 0 Å². The van der Waals surface area contributed by atoms with Crippen LogP contribution < -0.4 is 10.1 Å². The van der Waals surface area contributed by atoms with Crippen LogP contribution in [-0.4, -0.2) is 6.04 Å². The second kappa shape index (κ2) is 8.42. The molecule has 1 heterocycles. The molecule has 114 valence electrons. The first-order valence-electron chi connectivity index (χ1n) is 7.38. The Kier molecular flexibility index (Phi) is 6.55. The van der Waals surface area contributed by atoms with Gasteiger partial charge in [0.25, 0.3) is 0 Å².